The zero-order valence-electron chi connectivity index (χ0n) is 20.6. The quantitative estimate of drug-likeness (QED) is 0.200. The predicted octanol–water partition coefficient (Wildman–Crippen LogP) is 9.25. The Morgan fingerprint density at radius 2 is 0.903 bits per heavy atom. The number of hydrogen-bond donors (Lipinski definition) is 0. The molecular formula is C26H40Br2OSi2. The second-order valence-corrected chi connectivity index (χ2v) is 21.7. The van der Waals surface area contributed by atoms with E-state index in [-0.39, 0.29) is 10.1 Å². The van der Waals surface area contributed by atoms with Gasteiger partial charge in [-0.3, -0.25) is 0 Å². The van der Waals surface area contributed by atoms with Crippen LogP contribution in [0.4, 0.5) is 0 Å². The summed E-state index contributed by atoms with van der Waals surface area (Å²) < 4.78 is 7.30. The standard InChI is InChI=1S/C26H40Br2OSi2/c1-25(2,17-21-13-9-11-15-23(21)19-27)30(5,6)29-31(7,8)26(3,4)18-22-14-10-12-16-24(22)20-28/h9-16H,17-20H2,1-8H3. The third-order valence-electron chi connectivity index (χ3n) is 7.56. The smallest absolute Gasteiger partial charge is 0.179 e. The molecule has 2 aromatic carbocycles. The molecule has 0 aromatic heterocycles. The fourth-order valence-electron chi connectivity index (χ4n) is 4.01. The van der Waals surface area contributed by atoms with E-state index in [4.69, 9.17) is 4.12 Å². The number of rotatable bonds is 10. The van der Waals surface area contributed by atoms with Crippen molar-refractivity contribution in [3.8, 4) is 0 Å². The van der Waals surface area contributed by atoms with Crippen molar-refractivity contribution in [1.29, 1.82) is 0 Å². The van der Waals surface area contributed by atoms with Crippen LogP contribution in [-0.2, 0) is 27.6 Å². The minimum atomic E-state index is -2.00. The summed E-state index contributed by atoms with van der Waals surface area (Å²) >= 11 is 7.34. The molecule has 0 saturated carbocycles. The molecule has 0 spiro atoms. The van der Waals surface area contributed by atoms with Crippen LogP contribution in [0.5, 0.6) is 0 Å². The lowest BCUT2D eigenvalue weighted by Gasteiger charge is -2.50. The third kappa shape index (κ3) is 6.44. The van der Waals surface area contributed by atoms with Crippen LogP contribution in [0, 0.1) is 0 Å². The highest BCUT2D eigenvalue weighted by Crippen LogP contribution is 2.48. The molecule has 0 unspecified atom stereocenters. The van der Waals surface area contributed by atoms with Gasteiger partial charge in [-0.25, -0.2) is 0 Å². The van der Waals surface area contributed by atoms with Crippen molar-refractivity contribution < 1.29 is 4.12 Å². The van der Waals surface area contributed by atoms with Crippen molar-refractivity contribution in [1.82, 2.24) is 0 Å². The molecule has 31 heavy (non-hydrogen) atoms. The largest absolute Gasteiger partial charge is 0.455 e. The van der Waals surface area contributed by atoms with E-state index in [2.05, 4.69) is 134 Å². The van der Waals surface area contributed by atoms with E-state index < -0.39 is 16.6 Å². The summed E-state index contributed by atoms with van der Waals surface area (Å²) in [7, 11) is -3.99. The van der Waals surface area contributed by atoms with Gasteiger partial charge in [-0.1, -0.05) is 108 Å². The summed E-state index contributed by atoms with van der Waals surface area (Å²) in [5.41, 5.74) is 5.67. The zero-order valence-corrected chi connectivity index (χ0v) is 25.8. The number of halogens is 2. The fourth-order valence-corrected chi connectivity index (χ4v) is 13.7. The van der Waals surface area contributed by atoms with Crippen LogP contribution in [0.2, 0.25) is 36.3 Å². The number of hydrogen-bond acceptors (Lipinski definition) is 1. The van der Waals surface area contributed by atoms with Crippen LogP contribution in [-0.4, -0.2) is 16.6 Å². The van der Waals surface area contributed by atoms with Crippen molar-refractivity contribution in [2.24, 2.45) is 0 Å². The first kappa shape index (κ1) is 27.0. The summed E-state index contributed by atoms with van der Waals surface area (Å²) in [6, 6.07) is 17.6. The highest BCUT2D eigenvalue weighted by atomic mass is 79.9. The molecule has 0 N–H and O–H groups in total. The SMILES string of the molecule is CC(C)(Cc1ccccc1CBr)[Si](C)(C)O[Si](C)(C)C(C)(C)Cc1ccccc1CBr. The minimum absolute atomic E-state index is 0.138. The minimum Gasteiger partial charge on any atom is -0.455 e. The molecule has 0 amide bonds. The Bertz CT molecular complexity index is 804. The number of benzene rings is 2. The van der Waals surface area contributed by atoms with Gasteiger partial charge in [0.1, 0.15) is 0 Å². The molecule has 2 aromatic rings. The van der Waals surface area contributed by atoms with Crippen LogP contribution >= 0.6 is 31.9 Å². The Labute approximate surface area is 209 Å². The molecular weight excluding hydrogens is 544 g/mol. The van der Waals surface area contributed by atoms with E-state index in [9.17, 15) is 0 Å². The summed E-state index contributed by atoms with van der Waals surface area (Å²) in [5.74, 6) is 0. The maximum Gasteiger partial charge on any atom is 0.179 e. The third-order valence-corrected chi connectivity index (χ3v) is 19.7. The monoisotopic (exact) mass is 582 g/mol. The lowest BCUT2D eigenvalue weighted by atomic mass is 9.98. The summed E-state index contributed by atoms with van der Waals surface area (Å²) in [6.07, 6.45) is 2.12. The van der Waals surface area contributed by atoms with Gasteiger partial charge in [-0.15, -0.1) is 0 Å². The topological polar surface area (TPSA) is 9.23 Å². The van der Waals surface area contributed by atoms with Crippen LogP contribution in [0.1, 0.15) is 49.9 Å². The maximum absolute atomic E-state index is 7.30. The van der Waals surface area contributed by atoms with Crippen LogP contribution < -0.4 is 0 Å². The van der Waals surface area contributed by atoms with Gasteiger partial charge in [-0.2, -0.15) is 0 Å². The van der Waals surface area contributed by atoms with Gasteiger partial charge in [0.2, 0.25) is 0 Å². The molecule has 0 radical (unpaired) electrons. The van der Waals surface area contributed by atoms with E-state index in [1.54, 1.807) is 0 Å². The second kappa shape index (κ2) is 10.4. The second-order valence-electron chi connectivity index (χ2n) is 11.0. The van der Waals surface area contributed by atoms with Gasteiger partial charge in [0.15, 0.2) is 16.6 Å². The van der Waals surface area contributed by atoms with Gasteiger partial charge in [-0.05, 0) is 71.4 Å². The molecule has 0 saturated heterocycles. The van der Waals surface area contributed by atoms with Gasteiger partial charge in [0.05, 0.1) is 0 Å². The van der Waals surface area contributed by atoms with Gasteiger partial charge < -0.3 is 4.12 Å². The van der Waals surface area contributed by atoms with E-state index in [1.165, 1.54) is 22.3 Å². The summed E-state index contributed by atoms with van der Waals surface area (Å²) in [6.45, 7) is 19.4. The van der Waals surface area contributed by atoms with Crippen LogP contribution in [0.3, 0.4) is 0 Å². The summed E-state index contributed by atoms with van der Waals surface area (Å²) in [5, 5.41) is 2.09. The van der Waals surface area contributed by atoms with Crippen molar-refractivity contribution in [2.75, 3.05) is 0 Å². The van der Waals surface area contributed by atoms with E-state index >= 15 is 0 Å². The normalized spacial score (nSPS) is 13.5. The Kier molecular flexibility index (Phi) is 9.05. The van der Waals surface area contributed by atoms with Crippen molar-refractivity contribution >= 4 is 48.5 Å². The number of alkyl halides is 2. The molecule has 1 nitrogen and oxygen atoms in total. The molecule has 0 aliphatic heterocycles. The molecule has 0 aliphatic carbocycles. The van der Waals surface area contributed by atoms with E-state index in [0.29, 0.717) is 0 Å². The Morgan fingerprint density at radius 1 is 0.613 bits per heavy atom. The highest BCUT2D eigenvalue weighted by molar-refractivity contribution is 9.08. The van der Waals surface area contributed by atoms with Gasteiger partial charge in [0.25, 0.3) is 0 Å². The highest BCUT2D eigenvalue weighted by Gasteiger charge is 2.50. The van der Waals surface area contributed by atoms with Crippen molar-refractivity contribution in [3.05, 3.63) is 70.8 Å². The van der Waals surface area contributed by atoms with Gasteiger partial charge in [0, 0.05) is 10.7 Å². The van der Waals surface area contributed by atoms with E-state index in [0.717, 1.165) is 23.5 Å². The predicted molar refractivity (Wildman–Crippen MR) is 150 cm³/mol. The molecule has 0 aliphatic rings. The molecule has 5 heteroatoms. The Balaban J connectivity index is 2.25. The Morgan fingerprint density at radius 3 is 1.19 bits per heavy atom. The first-order valence-corrected chi connectivity index (χ1v) is 19.3. The lowest BCUT2D eigenvalue weighted by Crippen LogP contribution is -2.56. The molecule has 0 heterocycles. The molecule has 0 bridgehead atoms. The van der Waals surface area contributed by atoms with Crippen molar-refractivity contribution in [2.45, 2.75) is 87.5 Å². The van der Waals surface area contributed by atoms with Crippen LogP contribution in [0.25, 0.3) is 0 Å². The molecule has 172 valence electrons. The molecule has 0 atom stereocenters. The lowest BCUT2D eigenvalue weighted by molar-refractivity contribution is 0.426. The first-order valence-electron chi connectivity index (χ1n) is 11.2. The first-order chi connectivity index (χ1) is 14.3. The summed E-state index contributed by atoms with van der Waals surface area (Å²) in [4.78, 5) is 0. The molecule has 0 fully saturated rings. The fraction of sp³-hybridized carbons (Fsp3) is 0.538. The zero-order chi connectivity index (χ0) is 23.5. The average Bonchev–Trinajstić information content (AvgIpc) is 2.67. The molecule has 2 rings (SSSR count). The maximum atomic E-state index is 7.30. The Hall–Kier alpha value is -0.206. The average molecular weight is 585 g/mol. The van der Waals surface area contributed by atoms with E-state index in [1.807, 2.05) is 0 Å². The van der Waals surface area contributed by atoms with Crippen molar-refractivity contribution in [3.63, 3.8) is 0 Å². The van der Waals surface area contributed by atoms with Crippen LogP contribution in [0.15, 0.2) is 48.5 Å². The van der Waals surface area contributed by atoms with Gasteiger partial charge >= 0.3 is 0 Å².